The first-order valence-electron chi connectivity index (χ1n) is 7.05. The summed E-state index contributed by atoms with van der Waals surface area (Å²) in [7, 11) is 0. The van der Waals surface area contributed by atoms with Crippen molar-refractivity contribution in [2.75, 3.05) is 0 Å². The van der Waals surface area contributed by atoms with Crippen molar-refractivity contribution >= 4 is 0 Å². The molecule has 5 atom stereocenters. The molecule has 0 spiro atoms. The maximum atomic E-state index is 11.3. The van der Waals surface area contributed by atoms with Crippen molar-refractivity contribution in [2.24, 2.45) is 28.6 Å². The number of rotatable bonds is 0. The van der Waals surface area contributed by atoms with E-state index in [1.54, 1.807) is 0 Å². The van der Waals surface area contributed by atoms with Crippen LogP contribution in [0.4, 0.5) is 0 Å². The molecule has 0 saturated heterocycles. The lowest BCUT2D eigenvalue weighted by molar-refractivity contribution is -0.291. The Balaban J connectivity index is 2.13. The van der Waals surface area contributed by atoms with Gasteiger partial charge in [-0.3, -0.25) is 0 Å². The molecule has 4 saturated carbocycles. The van der Waals surface area contributed by atoms with Gasteiger partial charge in [-0.2, -0.15) is 0 Å². The molecule has 1 N–H and O–H groups in total. The SMILES string of the molecule is CC1CC[C@@]2(O)C(C)(C)[C@H]3CC[C@@]2(C)[C@H]1C3. The fourth-order valence-corrected chi connectivity index (χ4v) is 5.69. The first-order valence-corrected chi connectivity index (χ1v) is 7.05. The van der Waals surface area contributed by atoms with E-state index in [-0.39, 0.29) is 10.8 Å². The van der Waals surface area contributed by atoms with Gasteiger partial charge in [-0.25, -0.2) is 0 Å². The highest BCUT2D eigenvalue weighted by Gasteiger charge is 2.69. The second kappa shape index (κ2) is 2.85. The Morgan fingerprint density at radius 2 is 1.75 bits per heavy atom. The van der Waals surface area contributed by atoms with E-state index >= 15 is 0 Å². The van der Waals surface area contributed by atoms with Crippen LogP contribution in [-0.2, 0) is 0 Å². The molecular formula is C15H26O. The van der Waals surface area contributed by atoms with Crippen LogP contribution in [0.3, 0.4) is 0 Å². The van der Waals surface area contributed by atoms with Gasteiger partial charge < -0.3 is 5.11 Å². The predicted octanol–water partition coefficient (Wildman–Crippen LogP) is 3.61. The summed E-state index contributed by atoms with van der Waals surface area (Å²) in [5.41, 5.74) is -0.0576. The fourth-order valence-electron chi connectivity index (χ4n) is 5.69. The van der Waals surface area contributed by atoms with Gasteiger partial charge in [-0.1, -0.05) is 27.7 Å². The van der Waals surface area contributed by atoms with Crippen molar-refractivity contribution in [3.8, 4) is 0 Å². The van der Waals surface area contributed by atoms with E-state index in [1.165, 1.54) is 25.7 Å². The second-order valence-corrected chi connectivity index (χ2v) is 7.59. The first kappa shape index (κ1) is 11.1. The molecule has 0 aromatic carbocycles. The van der Waals surface area contributed by atoms with Crippen LogP contribution < -0.4 is 0 Å². The largest absolute Gasteiger partial charge is 0.389 e. The lowest BCUT2D eigenvalue weighted by Gasteiger charge is -2.71. The van der Waals surface area contributed by atoms with Gasteiger partial charge in [0.1, 0.15) is 0 Å². The standard InChI is InChI=1S/C15H26O/c1-10-5-8-15(16)13(2,3)11-6-7-14(15,4)12(10)9-11/h10-12,16H,5-9H2,1-4H3/t10?,11-,12-,14-,15+/m0/s1. The molecule has 4 bridgehead atoms. The third-order valence-corrected chi connectivity index (χ3v) is 7.05. The van der Waals surface area contributed by atoms with Gasteiger partial charge in [0.2, 0.25) is 0 Å². The van der Waals surface area contributed by atoms with E-state index in [1.807, 2.05) is 0 Å². The summed E-state index contributed by atoms with van der Waals surface area (Å²) in [6.07, 6.45) is 6.23. The Labute approximate surface area is 99.6 Å². The molecule has 0 aromatic rings. The third kappa shape index (κ3) is 0.939. The van der Waals surface area contributed by atoms with Gasteiger partial charge in [0, 0.05) is 0 Å². The average Bonchev–Trinajstić information content (AvgIpc) is 2.22. The predicted molar refractivity (Wildman–Crippen MR) is 66.1 cm³/mol. The molecule has 1 heteroatoms. The smallest absolute Gasteiger partial charge is 0.0757 e. The molecule has 4 rings (SSSR count). The van der Waals surface area contributed by atoms with E-state index in [4.69, 9.17) is 0 Å². The van der Waals surface area contributed by atoms with Crippen LogP contribution >= 0.6 is 0 Å². The summed E-state index contributed by atoms with van der Waals surface area (Å²) in [6.45, 7) is 9.43. The maximum Gasteiger partial charge on any atom is 0.0757 e. The van der Waals surface area contributed by atoms with Gasteiger partial charge in [0.25, 0.3) is 0 Å². The van der Waals surface area contributed by atoms with Gasteiger partial charge >= 0.3 is 0 Å². The van der Waals surface area contributed by atoms with Crippen molar-refractivity contribution in [1.82, 2.24) is 0 Å². The molecule has 4 aliphatic rings. The quantitative estimate of drug-likeness (QED) is 0.664. The zero-order valence-electron chi connectivity index (χ0n) is 11.2. The van der Waals surface area contributed by atoms with Gasteiger partial charge in [-0.15, -0.1) is 0 Å². The highest BCUT2D eigenvalue weighted by Crippen LogP contribution is 2.71. The minimum atomic E-state index is -0.391. The summed E-state index contributed by atoms with van der Waals surface area (Å²) in [5, 5.41) is 11.3. The van der Waals surface area contributed by atoms with Crippen molar-refractivity contribution in [3.05, 3.63) is 0 Å². The molecule has 0 radical (unpaired) electrons. The van der Waals surface area contributed by atoms with Gasteiger partial charge in [-0.05, 0) is 60.7 Å². The van der Waals surface area contributed by atoms with Crippen molar-refractivity contribution < 1.29 is 5.11 Å². The van der Waals surface area contributed by atoms with Crippen molar-refractivity contribution in [1.29, 1.82) is 0 Å². The van der Waals surface area contributed by atoms with Gasteiger partial charge in [0.15, 0.2) is 0 Å². The van der Waals surface area contributed by atoms with E-state index < -0.39 is 5.60 Å². The van der Waals surface area contributed by atoms with E-state index in [0.717, 1.165) is 24.2 Å². The topological polar surface area (TPSA) is 20.2 Å². The Bertz CT molecular complexity index is 321. The number of fused-ring (bicyclic) bond motifs is 1. The second-order valence-electron chi connectivity index (χ2n) is 7.59. The molecule has 1 nitrogen and oxygen atoms in total. The lowest BCUT2D eigenvalue weighted by atomic mass is 9.35. The molecule has 4 aliphatic carbocycles. The number of aliphatic hydroxyl groups is 1. The van der Waals surface area contributed by atoms with E-state index in [2.05, 4.69) is 27.7 Å². The number of hydrogen-bond acceptors (Lipinski definition) is 1. The first-order chi connectivity index (χ1) is 7.33. The third-order valence-electron chi connectivity index (χ3n) is 7.05. The molecular weight excluding hydrogens is 196 g/mol. The van der Waals surface area contributed by atoms with Crippen LogP contribution in [0.2, 0.25) is 0 Å². The van der Waals surface area contributed by atoms with Crippen LogP contribution in [0.25, 0.3) is 0 Å². The summed E-state index contributed by atoms with van der Waals surface area (Å²) < 4.78 is 0. The number of hydrogen-bond donors (Lipinski definition) is 1. The molecule has 0 aromatic heterocycles. The maximum absolute atomic E-state index is 11.3. The molecule has 16 heavy (non-hydrogen) atoms. The highest BCUT2D eigenvalue weighted by molar-refractivity contribution is 5.19. The lowest BCUT2D eigenvalue weighted by Crippen LogP contribution is -2.71. The average molecular weight is 222 g/mol. The fraction of sp³-hybridized carbons (Fsp3) is 1.00. The minimum Gasteiger partial charge on any atom is -0.389 e. The normalized spacial score (nSPS) is 58.7. The summed E-state index contributed by atoms with van der Waals surface area (Å²) in [6, 6.07) is 0. The van der Waals surface area contributed by atoms with Crippen LogP contribution in [0, 0.1) is 28.6 Å². The van der Waals surface area contributed by atoms with E-state index in [0.29, 0.717) is 0 Å². The van der Waals surface area contributed by atoms with E-state index in [9.17, 15) is 5.11 Å². The van der Waals surface area contributed by atoms with Crippen LogP contribution in [-0.4, -0.2) is 10.7 Å². The molecule has 4 fully saturated rings. The summed E-state index contributed by atoms with van der Waals surface area (Å²) >= 11 is 0. The Morgan fingerprint density at radius 1 is 1.06 bits per heavy atom. The molecule has 0 heterocycles. The Morgan fingerprint density at radius 3 is 2.44 bits per heavy atom. The molecule has 1 unspecified atom stereocenters. The summed E-state index contributed by atoms with van der Waals surface area (Å²) in [5.74, 6) is 2.36. The molecule has 0 amide bonds. The van der Waals surface area contributed by atoms with Crippen LogP contribution in [0.15, 0.2) is 0 Å². The molecule has 0 aliphatic heterocycles. The van der Waals surface area contributed by atoms with Crippen molar-refractivity contribution in [2.45, 2.75) is 65.4 Å². The Kier molecular flexibility index (Phi) is 1.98. The monoisotopic (exact) mass is 222 g/mol. The van der Waals surface area contributed by atoms with Gasteiger partial charge in [0.05, 0.1) is 5.60 Å². The highest BCUT2D eigenvalue weighted by atomic mass is 16.3. The van der Waals surface area contributed by atoms with Crippen LogP contribution in [0.1, 0.15) is 59.8 Å². The minimum absolute atomic E-state index is 0.136. The summed E-state index contributed by atoms with van der Waals surface area (Å²) in [4.78, 5) is 0. The molecule has 92 valence electrons. The Hall–Kier alpha value is -0.0400. The zero-order valence-corrected chi connectivity index (χ0v) is 11.2. The zero-order chi connectivity index (χ0) is 11.8. The van der Waals surface area contributed by atoms with Crippen molar-refractivity contribution in [3.63, 3.8) is 0 Å². The van der Waals surface area contributed by atoms with Crippen LogP contribution in [0.5, 0.6) is 0 Å².